The van der Waals surface area contributed by atoms with Crippen molar-refractivity contribution in [2.45, 2.75) is 32.2 Å². The molecule has 6 rings (SSSR count). The van der Waals surface area contributed by atoms with Crippen molar-refractivity contribution in [3.8, 4) is 28.0 Å². The second-order valence-electron chi connectivity index (χ2n) is 8.61. The van der Waals surface area contributed by atoms with Crippen LogP contribution in [0.25, 0.3) is 44.5 Å². The Morgan fingerprint density at radius 3 is 2.77 bits per heavy atom. The van der Waals surface area contributed by atoms with E-state index >= 15 is 4.39 Å². The van der Waals surface area contributed by atoms with E-state index in [1.54, 1.807) is 43.9 Å². The van der Waals surface area contributed by atoms with E-state index in [0.29, 0.717) is 52.7 Å². The predicted molar refractivity (Wildman–Crippen MR) is 129 cm³/mol. The molecule has 0 N–H and O–H groups in total. The molecular weight excluding hydrogens is 449 g/mol. The summed E-state index contributed by atoms with van der Waals surface area (Å²) in [6.45, 7) is 4.14. The number of imidazole rings is 1. The van der Waals surface area contributed by atoms with Crippen LogP contribution in [0.5, 0.6) is 5.75 Å². The lowest BCUT2D eigenvalue weighted by atomic mass is 9.98. The fraction of sp³-hybridized carbons (Fsp3) is 0.308. The van der Waals surface area contributed by atoms with Crippen LogP contribution in [0.3, 0.4) is 0 Å². The van der Waals surface area contributed by atoms with Gasteiger partial charge >= 0.3 is 0 Å². The molecule has 0 atom stereocenters. The van der Waals surface area contributed by atoms with Crippen LogP contribution in [0.1, 0.15) is 31.6 Å². The van der Waals surface area contributed by atoms with Gasteiger partial charge < -0.3 is 18.5 Å². The maximum Gasteiger partial charge on any atom is 0.198 e. The van der Waals surface area contributed by atoms with Crippen molar-refractivity contribution >= 4 is 22.3 Å². The number of methoxy groups -OCH3 is 1. The van der Waals surface area contributed by atoms with Crippen molar-refractivity contribution in [3.05, 3.63) is 54.6 Å². The number of hydrogen-bond acceptors (Lipinski definition) is 7. The van der Waals surface area contributed by atoms with Crippen LogP contribution in [0, 0.1) is 5.82 Å². The number of rotatable bonds is 5. The summed E-state index contributed by atoms with van der Waals surface area (Å²) in [5.41, 5.74) is 5.25. The maximum absolute atomic E-state index is 15.2. The Morgan fingerprint density at radius 1 is 1.11 bits per heavy atom. The fourth-order valence-electron chi connectivity index (χ4n) is 4.69. The number of oxazole rings is 1. The van der Waals surface area contributed by atoms with E-state index in [9.17, 15) is 0 Å². The first-order valence-corrected chi connectivity index (χ1v) is 11.7. The molecule has 1 saturated heterocycles. The van der Waals surface area contributed by atoms with Crippen molar-refractivity contribution in [2.75, 3.05) is 20.3 Å². The van der Waals surface area contributed by atoms with E-state index in [2.05, 4.69) is 15.2 Å². The van der Waals surface area contributed by atoms with Crippen molar-refractivity contribution in [3.63, 3.8) is 0 Å². The van der Waals surface area contributed by atoms with Gasteiger partial charge in [0.2, 0.25) is 0 Å². The highest BCUT2D eigenvalue weighted by Gasteiger charge is 2.23. The number of nitrogens with zero attached hydrogens (tertiary/aromatic N) is 5. The lowest BCUT2D eigenvalue weighted by molar-refractivity contribution is 0.0798. The lowest BCUT2D eigenvalue weighted by Crippen LogP contribution is -2.14. The van der Waals surface area contributed by atoms with Gasteiger partial charge in [-0.2, -0.15) is 5.10 Å². The Bertz CT molecular complexity index is 1540. The first-order chi connectivity index (χ1) is 17.2. The Labute approximate surface area is 200 Å². The molecule has 3 aromatic heterocycles. The second kappa shape index (κ2) is 8.74. The third kappa shape index (κ3) is 3.72. The first-order valence-electron chi connectivity index (χ1n) is 11.7. The van der Waals surface area contributed by atoms with Gasteiger partial charge in [0.25, 0.3) is 0 Å². The van der Waals surface area contributed by atoms with Crippen LogP contribution in [0.4, 0.5) is 4.39 Å². The van der Waals surface area contributed by atoms with E-state index < -0.39 is 0 Å². The smallest absolute Gasteiger partial charge is 0.198 e. The molecule has 1 aliphatic rings. The number of aryl methyl sites for hydroxylation is 1. The molecule has 2 aromatic carbocycles. The molecule has 0 saturated carbocycles. The summed E-state index contributed by atoms with van der Waals surface area (Å²) in [5.74, 6) is 1.06. The molecule has 4 heterocycles. The highest BCUT2D eigenvalue weighted by Crippen LogP contribution is 2.39. The van der Waals surface area contributed by atoms with Gasteiger partial charge in [-0.05, 0) is 43.5 Å². The average Bonchev–Trinajstić information content (AvgIpc) is 3.52. The molecule has 0 spiro atoms. The summed E-state index contributed by atoms with van der Waals surface area (Å²) in [6, 6.07) is 8.57. The number of ether oxygens (including phenoxy) is 2. The molecule has 5 aromatic rings. The number of fused-ring (bicyclic) bond motifs is 2. The van der Waals surface area contributed by atoms with E-state index in [0.717, 1.165) is 36.0 Å². The van der Waals surface area contributed by atoms with Gasteiger partial charge in [-0.3, -0.25) is 0 Å². The van der Waals surface area contributed by atoms with Gasteiger partial charge in [0.1, 0.15) is 22.6 Å². The maximum atomic E-state index is 15.2. The van der Waals surface area contributed by atoms with Crippen molar-refractivity contribution < 1.29 is 18.3 Å². The molecule has 0 unspecified atom stereocenters. The van der Waals surface area contributed by atoms with E-state index in [-0.39, 0.29) is 11.7 Å². The zero-order valence-corrected chi connectivity index (χ0v) is 19.5. The minimum Gasteiger partial charge on any atom is -0.496 e. The van der Waals surface area contributed by atoms with E-state index in [1.807, 2.05) is 11.5 Å². The molecule has 1 fully saturated rings. The molecule has 178 valence electrons. The summed E-state index contributed by atoms with van der Waals surface area (Å²) in [4.78, 5) is 9.21. The van der Waals surface area contributed by atoms with Crippen LogP contribution in [-0.2, 0) is 11.3 Å². The number of benzene rings is 2. The Kier molecular flexibility index (Phi) is 5.41. The van der Waals surface area contributed by atoms with Crippen molar-refractivity contribution in [1.82, 2.24) is 24.7 Å². The largest absolute Gasteiger partial charge is 0.496 e. The first kappa shape index (κ1) is 21.7. The number of hydrogen-bond donors (Lipinski definition) is 0. The average molecular weight is 474 g/mol. The molecule has 0 amide bonds. The van der Waals surface area contributed by atoms with Gasteiger partial charge in [0.05, 0.1) is 19.6 Å². The summed E-state index contributed by atoms with van der Waals surface area (Å²) < 4.78 is 34.3. The summed E-state index contributed by atoms with van der Waals surface area (Å²) >= 11 is 0. The summed E-state index contributed by atoms with van der Waals surface area (Å²) in [6.07, 6.45) is 5.14. The zero-order valence-electron chi connectivity index (χ0n) is 19.5. The molecule has 9 heteroatoms. The van der Waals surface area contributed by atoms with Gasteiger partial charge in [0.15, 0.2) is 17.1 Å². The quantitative estimate of drug-likeness (QED) is 0.339. The highest BCUT2D eigenvalue weighted by molar-refractivity contribution is 5.91. The van der Waals surface area contributed by atoms with Crippen molar-refractivity contribution in [1.29, 1.82) is 0 Å². The van der Waals surface area contributed by atoms with Crippen LogP contribution in [0.15, 0.2) is 47.3 Å². The molecule has 35 heavy (non-hydrogen) atoms. The third-order valence-corrected chi connectivity index (χ3v) is 6.61. The molecule has 0 bridgehead atoms. The summed E-state index contributed by atoms with van der Waals surface area (Å²) in [5, 5.41) is 8.38. The molecule has 1 aliphatic heterocycles. The summed E-state index contributed by atoms with van der Waals surface area (Å²) in [7, 11) is 1.57. The van der Waals surface area contributed by atoms with Gasteiger partial charge in [-0.15, -0.1) is 5.10 Å². The van der Waals surface area contributed by atoms with Gasteiger partial charge in [-0.1, -0.05) is 6.07 Å². The van der Waals surface area contributed by atoms with Crippen LogP contribution >= 0.6 is 0 Å². The van der Waals surface area contributed by atoms with Crippen LogP contribution in [0.2, 0.25) is 0 Å². The Morgan fingerprint density at radius 2 is 1.97 bits per heavy atom. The topological polar surface area (TPSA) is 88.1 Å². The molecule has 0 radical (unpaired) electrons. The van der Waals surface area contributed by atoms with E-state index in [4.69, 9.17) is 18.9 Å². The lowest BCUT2D eigenvalue weighted by Gasteiger charge is -2.18. The predicted octanol–water partition coefficient (Wildman–Crippen LogP) is 5.36. The van der Waals surface area contributed by atoms with Crippen molar-refractivity contribution in [2.24, 2.45) is 0 Å². The monoisotopic (exact) mass is 473 g/mol. The third-order valence-electron chi connectivity index (χ3n) is 6.61. The zero-order chi connectivity index (χ0) is 23.9. The van der Waals surface area contributed by atoms with Gasteiger partial charge in [0, 0.05) is 48.4 Å². The minimum absolute atomic E-state index is 0.218. The number of halogens is 1. The van der Waals surface area contributed by atoms with Crippen LogP contribution in [-0.4, -0.2) is 45.1 Å². The standard InChI is InChI=1S/C26H24FN5O3/c1-3-32-14-28-24-19(13-29-31-25(24)32)16-4-5-20(27)17(10-16)18-11-23-21(12-22(18)33-2)30-26(35-23)15-6-8-34-9-7-15/h4-5,10-15H,3,6-9H2,1-2H3. The highest BCUT2D eigenvalue weighted by atomic mass is 19.1. The Hall–Kier alpha value is -3.85. The van der Waals surface area contributed by atoms with E-state index in [1.165, 1.54) is 6.07 Å². The fourth-order valence-corrected chi connectivity index (χ4v) is 4.69. The normalized spacial score (nSPS) is 14.7. The second-order valence-corrected chi connectivity index (χ2v) is 8.61. The SMILES string of the molecule is CCn1cnc2c(-c3ccc(F)c(-c4cc5oc(C6CCOCC6)nc5cc4OC)c3)cnnc21. The molecule has 0 aliphatic carbocycles. The minimum atomic E-state index is -0.368. The number of aromatic nitrogens is 5. The molecular formula is C26H24FN5O3. The van der Waals surface area contributed by atoms with Gasteiger partial charge in [-0.25, -0.2) is 14.4 Å². The molecule has 8 nitrogen and oxygen atoms in total. The van der Waals surface area contributed by atoms with Crippen LogP contribution < -0.4 is 4.74 Å². The Balaban J connectivity index is 1.47.